The number of esters is 1. The van der Waals surface area contributed by atoms with Gasteiger partial charge in [-0.1, -0.05) is 0 Å². The highest BCUT2D eigenvalue weighted by Crippen LogP contribution is 2.38. The Hall–Kier alpha value is -3.42. The second-order valence-electron chi connectivity index (χ2n) is 4.78. The fourth-order valence-corrected chi connectivity index (χ4v) is 1.95. The van der Waals surface area contributed by atoms with Gasteiger partial charge in [-0.25, -0.2) is 5.43 Å². The van der Waals surface area contributed by atoms with Crippen molar-refractivity contribution in [2.24, 2.45) is 5.10 Å². The van der Waals surface area contributed by atoms with E-state index in [1.54, 1.807) is 24.3 Å². The van der Waals surface area contributed by atoms with E-state index in [4.69, 9.17) is 14.2 Å². The number of hydrogen-bond donors (Lipinski definition) is 1. The van der Waals surface area contributed by atoms with Crippen molar-refractivity contribution in [2.75, 3.05) is 14.2 Å². The van der Waals surface area contributed by atoms with Crippen molar-refractivity contribution >= 4 is 18.1 Å². The summed E-state index contributed by atoms with van der Waals surface area (Å²) < 4.78 is 15.5. The summed E-state index contributed by atoms with van der Waals surface area (Å²) in [6, 6.07) is 6.35. The molecular formula is C17H17N3O5. The van der Waals surface area contributed by atoms with E-state index in [9.17, 15) is 9.59 Å². The molecule has 1 amide bonds. The van der Waals surface area contributed by atoms with Gasteiger partial charge in [0.25, 0.3) is 5.91 Å². The van der Waals surface area contributed by atoms with Crippen LogP contribution in [0.15, 0.2) is 41.8 Å². The number of hydrogen-bond acceptors (Lipinski definition) is 7. The summed E-state index contributed by atoms with van der Waals surface area (Å²) in [5.74, 6) is -0.0832. The zero-order valence-electron chi connectivity index (χ0n) is 14.0. The Bertz CT molecular complexity index is 765. The molecule has 0 aliphatic carbocycles. The molecule has 2 rings (SSSR count). The summed E-state index contributed by atoms with van der Waals surface area (Å²) >= 11 is 0. The van der Waals surface area contributed by atoms with Crippen LogP contribution in [-0.4, -0.2) is 37.3 Å². The first kappa shape index (κ1) is 17.9. The van der Waals surface area contributed by atoms with Gasteiger partial charge in [-0.05, 0) is 24.3 Å². The average molecular weight is 343 g/mol. The second kappa shape index (κ2) is 8.44. The molecule has 0 bridgehead atoms. The minimum Gasteiger partial charge on any atom is -0.493 e. The lowest BCUT2D eigenvalue weighted by molar-refractivity contribution is -0.132. The zero-order valence-corrected chi connectivity index (χ0v) is 14.0. The van der Waals surface area contributed by atoms with E-state index < -0.39 is 5.97 Å². The first-order chi connectivity index (χ1) is 12.0. The lowest BCUT2D eigenvalue weighted by Gasteiger charge is -2.13. The molecule has 1 aromatic carbocycles. The molecule has 1 heterocycles. The van der Waals surface area contributed by atoms with Crippen LogP contribution in [0, 0.1) is 0 Å². The monoisotopic (exact) mass is 343 g/mol. The minimum absolute atomic E-state index is 0.176. The van der Waals surface area contributed by atoms with Crippen LogP contribution in [0.5, 0.6) is 17.2 Å². The molecule has 25 heavy (non-hydrogen) atoms. The number of amides is 1. The average Bonchev–Trinajstić information content (AvgIpc) is 2.62. The van der Waals surface area contributed by atoms with Crippen molar-refractivity contribution in [2.45, 2.75) is 6.92 Å². The fourth-order valence-electron chi connectivity index (χ4n) is 1.95. The van der Waals surface area contributed by atoms with E-state index in [2.05, 4.69) is 15.5 Å². The Kier molecular flexibility index (Phi) is 6.05. The van der Waals surface area contributed by atoms with Crippen molar-refractivity contribution in [3.8, 4) is 17.2 Å². The summed E-state index contributed by atoms with van der Waals surface area (Å²) in [5.41, 5.74) is 3.43. The summed E-state index contributed by atoms with van der Waals surface area (Å²) in [6.45, 7) is 1.28. The van der Waals surface area contributed by atoms with Gasteiger partial charge in [-0.15, -0.1) is 0 Å². The highest BCUT2D eigenvalue weighted by molar-refractivity contribution is 5.94. The molecular weight excluding hydrogens is 326 g/mol. The maximum absolute atomic E-state index is 11.9. The lowest BCUT2D eigenvalue weighted by atomic mass is 10.2. The topological polar surface area (TPSA) is 99.1 Å². The van der Waals surface area contributed by atoms with Crippen LogP contribution in [0.3, 0.4) is 0 Å². The number of benzene rings is 1. The number of aromatic nitrogens is 1. The van der Waals surface area contributed by atoms with Crippen LogP contribution in [0.25, 0.3) is 0 Å². The van der Waals surface area contributed by atoms with Crippen molar-refractivity contribution < 1.29 is 23.8 Å². The molecule has 0 aliphatic rings. The molecule has 8 heteroatoms. The third kappa shape index (κ3) is 4.77. The van der Waals surface area contributed by atoms with Crippen LogP contribution in [0.4, 0.5) is 0 Å². The molecule has 2 aromatic rings. The smallest absolute Gasteiger partial charge is 0.308 e. The van der Waals surface area contributed by atoms with E-state index in [0.29, 0.717) is 22.6 Å². The summed E-state index contributed by atoms with van der Waals surface area (Å²) in [7, 11) is 2.88. The molecule has 8 nitrogen and oxygen atoms in total. The quantitative estimate of drug-likeness (QED) is 0.371. The van der Waals surface area contributed by atoms with Crippen LogP contribution < -0.4 is 19.6 Å². The summed E-state index contributed by atoms with van der Waals surface area (Å²) in [6.07, 6.45) is 4.45. The maximum atomic E-state index is 11.9. The Morgan fingerprint density at radius 2 is 1.72 bits per heavy atom. The van der Waals surface area contributed by atoms with Crippen molar-refractivity contribution in [3.05, 3.63) is 47.8 Å². The van der Waals surface area contributed by atoms with Gasteiger partial charge >= 0.3 is 5.97 Å². The maximum Gasteiger partial charge on any atom is 0.308 e. The molecule has 0 radical (unpaired) electrons. The number of nitrogens with zero attached hydrogens (tertiary/aromatic N) is 2. The predicted molar refractivity (Wildman–Crippen MR) is 90.2 cm³/mol. The van der Waals surface area contributed by atoms with E-state index >= 15 is 0 Å². The van der Waals surface area contributed by atoms with Crippen molar-refractivity contribution in [1.82, 2.24) is 10.4 Å². The van der Waals surface area contributed by atoms with Crippen LogP contribution in [0.2, 0.25) is 0 Å². The van der Waals surface area contributed by atoms with E-state index in [0.717, 1.165) is 0 Å². The molecule has 130 valence electrons. The van der Waals surface area contributed by atoms with Crippen molar-refractivity contribution in [3.63, 3.8) is 0 Å². The molecule has 0 saturated carbocycles. The molecule has 1 N–H and O–H groups in total. The Morgan fingerprint density at radius 1 is 1.12 bits per heavy atom. The molecule has 0 atom stereocenters. The van der Waals surface area contributed by atoms with Gasteiger partial charge in [0.15, 0.2) is 11.5 Å². The van der Waals surface area contributed by atoms with Gasteiger partial charge in [0.05, 0.1) is 20.4 Å². The van der Waals surface area contributed by atoms with E-state index in [1.807, 2.05) is 0 Å². The van der Waals surface area contributed by atoms with Gasteiger partial charge in [0.2, 0.25) is 5.75 Å². The summed E-state index contributed by atoms with van der Waals surface area (Å²) in [4.78, 5) is 26.9. The minimum atomic E-state index is -0.498. The standard InChI is InChI=1S/C17H17N3O5/c1-11(21)25-16-14(23-2)8-12(9-15(16)24-3)10-19-20-17(22)13-4-6-18-7-5-13/h4-10H,1-3H3,(H,20,22)/b19-10-. The molecule has 0 unspecified atom stereocenters. The highest BCUT2D eigenvalue weighted by Gasteiger charge is 2.15. The number of ether oxygens (including phenoxy) is 3. The first-order valence-electron chi connectivity index (χ1n) is 7.23. The Morgan fingerprint density at radius 3 is 2.24 bits per heavy atom. The Balaban J connectivity index is 2.19. The van der Waals surface area contributed by atoms with Crippen LogP contribution >= 0.6 is 0 Å². The van der Waals surface area contributed by atoms with Gasteiger partial charge in [0.1, 0.15) is 0 Å². The third-order valence-corrected chi connectivity index (χ3v) is 3.05. The molecule has 0 fully saturated rings. The fraction of sp³-hybridized carbons (Fsp3) is 0.176. The van der Waals surface area contributed by atoms with Gasteiger partial charge in [0, 0.05) is 30.4 Å². The predicted octanol–water partition coefficient (Wildman–Crippen LogP) is 1.79. The number of methoxy groups -OCH3 is 2. The number of rotatable bonds is 6. The van der Waals surface area contributed by atoms with E-state index in [1.165, 1.54) is 39.8 Å². The number of carbonyl (C=O) groups excluding carboxylic acids is 2. The summed E-state index contributed by atoms with van der Waals surface area (Å²) in [5, 5.41) is 3.90. The molecule has 1 aromatic heterocycles. The second-order valence-corrected chi connectivity index (χ2v) is 4.78. The SMILES string of the molecule is COc1cc(/C=N\NC(=O)c2ccncc2)cc(OC)c1OC(C)=O. The van der Waals surface area contributed by atoms with Crippen molar-refractivity contribution in [1.29, 1.82) is 0 Å². The molecule has 0 spiro atoms. The first-order valence-corrected chi connectivity index (χ1v) is 7.23. The molecule has 0 aliphatic heterocycles. The highest BCUT2D eigenvalue weighted by atomic mass is 16.6. The zero-order chi connectivity index (χ0) is 18.2. The normalized spacial score (nSPS) is 10.4. The van der Waals surface area contributed by atoms with Crippen LogP contribution in [0.1, 0.15) is 22.8 Å². The number of nitrogens with one attached hydrogen (secondary N) is 1. The lowest BCUT2D eigenvalue weighted by Crippen LogP contribution is -2.17. The molecule has 0 saturated heterocycles. The number of carbonyl (C=O) groups is 2. The number of pyridine rings is 1. The van der Waals surface area contributed by atoms with Gasteiger partial charge in [-0.2, -0.15) is 5.10 Å². The van der Waals surface area contributed by atoms with Gasteiger partial charge in [-0.3, -0.25) is 14.6 Å². The number of hydrazone groups is 1. The third-order valence-electron chi connectivity index (χ3n) is 3.05. The van der Waals surface area contributed by atoms with Gasteiger partial charge < -0.3 is 14.2 Å². The van der Waals surface area contributed by atoms with Crippen LogP contribution in [-0.2, 0) is 4.79 Å². The Labute approximate surface area is 144 Å². The largest absolute Gasteiger partial charge is 0.493 e. The van der Waals surface area contributed by atoms with E-state index in [-0.39, 0.29) is 11.7 Å².